The fourth-order valence-electron chi connectivity index (χ4n) is 2.39. The Hall–Kier alpha value is -2.18. The van der Waals surface area contributed by atoms with E-state index in [9.17, 15) is 0 Å². The van der Waals surface area contributed by atoms with Crippen LogP contribution in [0, 0.1) is 0 Å². The summed E-state index contributed by atoms with van der Waals surface area (Å²) >= 11 is 0. The van der Waals surface area contributed by atoms with E-state index in [1.807, 2.05) is 18.3 Å². The number of aromatic nitrogens is 1. The van der Waals surface area contributed by atoms with Crippen LogP contribution in [0.4, 0.5) is 5.82 Å². The number of hydrogen-bond donors (Lipinski definition) is 0. The number of nitrogens with zero attached hydrogens (tertiary/aromatic N) is 2. The molecule has 0 N–H and O–H groups in total. The van der Waals surface area contributed by atoms with E-state index >= 15 is 0 Å². The Morgan fingerprint density at radius 3 is 1.82 bits per heavy atom. The van der Waals surface area contributed by atoms with Crippen molar-refractivity contribution < 1.29 is 0 Å². The second-order valence-electron chi connectivity index (χ2n) is 5.13. The lowest BCUT2D eigenvalue weighted by atomic mass is 10.4. The summed E-state index contributed by atoms with van der Waals surface area (Å²) in [5.74, 6) is 1.02. The molecule has 0 aliphatic rings. The summed E-state index contributed by atoms with van der Waals surface area (Å²) < 4.78 is 0. The van der Waals surface area contributed by atoms with E-state index in [1.165, 1.54) is 10.6 Å². The van der Waals surface area contributed by atoms with Crippen LogP contribution in [0.15, 0.2) is 85.1 Å². The van der Waals surface area contributed by atoms with Gasteiger partial charge in [0.15, 0.2) is 0 Å². The molecule has 0 unspecified atom stereocenters. The van der Waals surface area contributed by atoms with Gasteiger partial charge in [-0.15, -0.1) is 0 Å². The van der Waals surface area contributed by atoms with Gasteiger partial charge in [0.25, 0.3) is 0 Å². The Labute approximate surface area is 133 Å². The van der Waals surface area contributed by atoms with E-state index in [4.69, 9.17) is 0 Å². The third-order valence-corrected chi connectivity index (χ3v) is 6.08. The van der Waals surface area contributed by atoms with Crippen LogP contribution >= 0.6 is 7.92 Å². The van der Waals surface area contributed by atoms with Crippen LogP contribution in [0.3, 0.4) is 0 Å². The minimum atomic E-state index is -0.428. The zero-order valence-corrected chi connectivity index (χ0v) is 13.5. The van der Waals surface area contributed by atoms with Gasteiger partial charge in [0, 0.05) is 19.5 Å². The molecule has 110 valence electrons. The van der Waals surface area contributed by atoms with Crippen LogP contribution in [0.25, 0.3) is 0 Å². The largest absolute Gasteiger partial charge is 0.355 e. The molecule has 0 saturated heterocycles. The summed E-state index contributed by atoms with van der Waals surface area (Å²) in [6.45, 7) is 0. The molecule has 0 aliphatic heterocycles. The lowest BCUT2D eigenvalue weighted by molar-refractivity contribution is 1.04. The van der Waals surface area contributed by atoms with Gasteiger partial charge in [0.1, 0.15) is 5.82 Å². The molecule has 0 atom stereocenters. The first kappa shape index (κ1) is 14.7. The van der Waals surface area contributed by atoms with Gasteiger partial charge in [-0.3, -0.25) is 0 Å². The van der Waals surface area contributed by atoms with Crippen molar-refractivity contribution in [3.05, 3.63) is 85.1 Å². The highest BCUT2D eigenvalue weighted by Crippen LogP contribution is 2.34. The lowest BCUT2D eigenvalue weighted by Crippen LogP contribution is -2.25. The Bertz CT molecular complexity index is 647. The zero-order valence-electron chi connectivity index (χ0n) is 12.6. The first-order chi connectivity index (χ1) is 10.8. The molecule has 2 nitrogen and oxygen atoms in total. The van der Waals surface area contributed by atoms with Crippen molar-refractivity contribution in [1.82, 2.24) is 4.98 Å². The number of pyridine rings is 1. The van der Waals surface area contributed by atoms with Gasteiger partial charge in [-0.2, -0.15) is 0 Å². The second-order valence-corrected chi connectivity index (χ2v) is 7.30. The van der Waals surface area contributed by atoms with Gasteiger partial charge in [0.05, 0.1) is 0 Å². The van der Waals surface area contributed by atoms with Gasteiger partial charge in [-0.25, -0.2) is 4.98 Å². The highest BCUT2D eigenvalue weighted by Gasteiger charge is 2.16. The maximum Gasteiger partial charge on any atom is 0.128 e. The molecule has 0 saturated carbocycles. The third-order valence-electron chi connectivity index (χ3n) is 3.53. The Morgan fingerprint density at radius 2 is 1.32 bits per heavy atom. The summed E-state index contributed by atoms with van der Waals surface area (Å²) in [5.41, 5.74) is 0. The van der Waals surface area contributed by atoms with Crippen molar-refractivity contribution in [1.29, 1.82) is 0 Å². The summed E-state index contributed by atoms with van der Waals surface area (Å²) in [4.78, 5) is 6.70. The molecule has 0 aliphatic carbocycles. The first-order valence-corrected chi connectivity index (χ1v) is 8.87. The van der Waals surface area contributed by atoms with E-state index < -0.39 is 7.92 Å². The van der Waals surface area contributed by atoms with Crippen molar-refractivity contribution in [3.63, 3.8) is 0 Å². The van der Waals surface area contributed by atoms with E-state index in [2.05, 4.69) is 83.7 Å². The van der Waals surface area contributed by atoms with Gasteiger partial charge < -0.3 is 4.90 Å². The summed E-state index contributed by atoms with van der Waals surface area (Å²) in [6, 6.07) is 27.6. The Morgan fingerprint density at radius 1 is 0.773 bits per heavy atom. The van der Waals surface area contributed by atoms with Gasteiger partial charge in [-0.05, 0) is 30.7 Å². The Balaban J connectivity index is 1.90. The smallest absolute Gasteiger partial charge is 0.128 e. The maximum atomic E-state index is 4.46. The molecule has 1 aromatic heterocycles. The predicted octanol–water partition coefficient (Wildman–Crippen LogP) is 3.61. The van der Waals surface area contributed by atoms with Crippen LogP contribution in [-0.2, 0) is 0 Å². The molecular formula is C19H19N2P. The molecular weight excluding hydrogens is 287 g/mol. The summed E-state index contributed by atoms with van der Waals surface area (Å²) in [7, 11) is 1.69. The monoisotopic (exact) mass is 306 g/mol. The number of benzene rings is 2. The quantitative estimate of drug-likeness (QED) is 0.670. The molecule has 3 heteroatoms. The standard InChI is InChI=1S/C19H19N2P/c1-21(19-14-8-9-15-20-19)16-22(17-10-4-2-5-11-17)18-12-6-3-7-13-18/h2-15H,16H2,1H3. The predicted molar refractivity (Wildman–Crippen MR) is 96.6 cm³/mol. The first-order valence-electron chi connectivity index (χ1n) is 7.34. The van der Waals surface area contributed by atoms with E-state index in [0.717, 1.165) is 12.1 Å². The van der Waals surface area contributed by atoms with Crippen molar-refractivity contribution in [2.75, 3.05) is 18.2 Å². The minimum Gasteiger partial charge on any atom is -0.355 e. The fraction of sp³-hybridized carbons (Fsp3) is 0.105. The normalized spacial score (nSPS) is 10.6. The number of rotatable bonds is 5. The molecule has 0 spiro atoms. The van der Waals surface area contributed by atoms with Crippen LogP contribution in [-0.4, -0.2) is 18.3 Å². The zero-order chi connectivity index (χ0) is 15.2. The molecule has 0 bridgehead atoms. The van der Waals surface area contributed by atoms with Gasteiger partial charge in [-0.1, -0.05) is 66.7 Å². The van der Waals surface area contributed by atoms with E-state index in [-0.39, 0.29) is 0 Å². The van der Waals surface area contributed by atoms with Crippen LogP contribution in [0.2, 0.25) is 0 Å². The van der Waals surface area contributed by atoms with Crippen molar-refractivity contribution in [2.45, 2.75) is 0 Å². The van der Waals surface area contributed by atoms with Crippen LogP contribution in [0.5, 0.6) is 0 Å². The van der Waals surface area contributed by atoms with Crippen molar-refractivity contribution >= 4 is 24.3 Å². The fourth-order valence-corrected chi connectivity index (χ4v) is 4.65. The molecule has 0 amide bonds. The Kier molecular flexibility index (Phi) is 4.82. The summed E-state index contributed by atoms with van der Waals surface area (Å²) in [5, 5.41) is 2.79. The molecule has 3 rings (SSSR count). The molecule has 22 heavy (non-hydrogen) atoms. The van der Waals surface area contributed by atoms with E-state index in [0.29, 0.717) is 0 Å². The van der Waals surface area contributed by atoms with Gasteiger partial charge >= 0.3 is 0 Å². The van der Waals surface area contributed by atoms with Crippen LogP contribution < -0.4 is 15.5 Å². The second kappa shape index (κ2) is 7.20. The maximum absolute atomic E-state index is 4.46. The number of hydrogen-bond acceptors (Lipinski definition) is 2. The topological polar surface area (TPSA) is 16.1 Å². The van der Waals surface area contributed by atoms with E-state index in [1.54, 1.807) is 0 Å². The molecule has 1 heterocycles. The number of anilines is 1. The highest BCUT2D eigenvalue weighted by atomic mass is 31.1. The summed E-state index contributed by atoms with van der Waals surface area (Å²) in [6.07, 6.45) is 2.81. The molecule has 0 fully saturated rings. The van der Waals surface area contributed by atoms with Crippen molar-refractivity contribution in [3.8, 4) is 0 Å². The average Bonchev–Trinajstić information content (AvgIpc) is 2.62. The lowest BCUT2D eigenvalue weighted by Gasteiger charge is -2.26. The van der Waals surface area contributed by atoms with Crippen LogP contribution in [0.1, 0.15) is 0 Å². The average molecular weight is 306 g/mol. The van der Waals surface area contributed by atoms with Gasteiger partial charge in [0.2, 0.25) is 0 Å². The highest BCUT2D eigenvalue weighted by molar-refractivity contribution is 7.73. The third kappa shape index (κ3) is 3.52. The molecule has 3 aromatic rings. The van der Waals surface area contributed by atoms with Crippen molar-refractivity contribution in [2.24, 2.45) is 0 Å². The SMILES string of the molecule is CN(CP(c1ccccc1)c1ccccc1)c1ccccn1. The molecule has 2 aromatic carbocycles. The minimum absolute atomic E-state index is 0.428. The molecule has 0 radical (unpaired) electrons.